The number of nitrogens with one attached hydrogen (secondary N) is 1. The average Bonchev–Trinajstić information content (AvgIpc) is 3.19. The quantitative estimate of drug-likeness (QED) is 0.523. The van der Waals surface area contributed by atoms with Crippen molar-refractivity contribution in [1.29, 1.82) is 0 Å². The number of hydrogen-bond acceptors (Lipinski definition) is 9. The number of nitrogens with zero attached hydrogens (tertiary/aromatic N) is 6. The van der Waals surface area contributed by atoms with Crippen LogP contribution in [0.3, 0.4) is 0 Å². The van der Waals surface area contributed by atoms with Crippen molar-refractivity contribution in [3.8, 4) is 23.0 Å². The van der Waals surface area contributed by atoms with Crippen molar-refractivity contribution in [2.45, 2.75) is 45.3 Å². The third-order valence-electron chi connectivity index (χ3n) is 5.78. The Morgan fingerprint density at radius 2 is 2.15 bits per heavy atom. The van der Waals surface area contributed by atoms with Gasteiger partial charge in [0.25, 0.3) is 0 Å². The lowest BCUT2D eigenvalue weighted by atomic mass is 9.87. The maximum absolute atomic E-state index is 11.3. The number of aryl methyl sites for hydroxylation is 2. The molecule has 3 heterocycles. The number of aliphatic carboxylic acids is 1. The molecule has 0 radical (unpaired) electrons. The zero-order valence-electron chi connectivity index (χ0n) is 18.9. The number of ether oxygens (including phenoxy) is 2. The van der Waals surface area contributed by atoms with Crippen molar-refractivity contribution in [3.63, 3.8) is 0 Å². The predicted octanol–water partition coefficient (Wildman–Crippen LogP) is 2.62. The third kappa shape index (κ3) is 5.18. The summed E-state index contributed by atoms with van der Waals surface area (Å²) in [6.07, 6.45) is 4.23. The summed E-state index contributed by atoms with van der Waals surface area (Å²) in [5.74, 6) is 0.648. The molecule has 1 fully saturated rings. The molecule has 4 rings (SSSR count). The Bertz CT molecular complexity index is 1130. The summed E-state index contributed by atoms with van der Waals surface area (Å²) in [4.78, 5) is 24.2. The molecule has 11 nitrogen and oxygen atoms in total. The second-order valence-electron chi connectivity index (χ2n) is 8.03. The standard InChI is InChI=1S/C22H27N7O4/c1-13-18(33-15-6-4-5-14(9-15)22(30)31)8-7-16(26-13)21-17(29(2)28-27-21)11-23-19-10-20(32-3)25-12-24-19/h7-8,10,12,14-15H,4-6,9,11H2,1-3H3,(H,30,31)(H,23,24,25)/t14-,15-/m0/s1. The summed E-state index contributed by atoms with van der Waals surface area (Å²) in [6.45, 7) is 2.30. The highest BCUT2D eigenvalue weighted by molar-refractivity contribution is 5.70. The minimum atomic E-state index is -0.752. The van der Waals surface area contributed by atoms with Crippen LogP contribution in [-0.2, 0) is 18.4 Å². The lowest BCUT2D eigenvalue weighted by Crippen LogP contribution is -2.29. The van der Waals surface area contributed by atoms with Gasteiger partial charge in [-0.15, -0.1) is 5.10 Å². The van der Waals surface area contributed by atoms with Gasteiger partial charge in [0.1, 0.15) is 23.6 Å². The fourth-order valence-electron chi connectivity index (χ4n) is 3.96. The van der Waals surface area contributed by atoms with Crippen LogP contribution in [0.1, 0.15) is 37.1 Å². The summed E-state index contributed by atoms with van der Waals surface area (Å²) in [6, 6.07) is 5.42. The van der Waals surface area contributed by atoms with Crippen LogP contribution in [0.2, 0.25) is 0 Å². The maximum atomic E-state index is 11.3. The minimum Gasteiger partial charge on any atom is -0.489 e. The van der Waals surface area contributed by atoms with Gasteiger partial charge in [0.05, 0.1) is 42.8 Å². The average molecular weight is 454 g/mol. The van der Waals surface area contributed by atoms with Crippen molar-refractivity contribution in [1.82, 2.24) is 29.9 Å². The molecule has 1 aliphatic rings. The van der Waals surface area contributed by atoms with Gasteiger partial charge < -0.3 is 19.9 Å². The van der Waals surface area contributed by atoms with Crippen molar-refractivity contribution in [3.05, 3.63) is 35.9 Å². The Morgan fingerprint density at radius 1 is 1.30 bits per heavy atom. The second kappa shape index (κ2) is 9.80. The van der Waals surface area contributed by atoms with Crippen LogP contribution in [0.15, 0.2) is 24.5 Å². The Labute approximate surface area is 191 Å². The topological polar surface area (TPSA) is 137 Å². The number of rotatable bonds is 8. The van der Waals surface area contributed by atoms with Gasteiger partial charge >= 0.3 is 5.97 Å². The first-order valence-corrected chi connectivity index (χ1v) is 10.8. The van der Waals surface area contributed by atoms with Gasteiger partial charge in [-0.3, -0.25) is 4.79 Å². The third-order valence-corrected chi connectivity index (χ3v) is 5.78. The van der Waals surface area contributed by atoms with Crippen LogP contribution in [-0.4, -0.2) is 54.2 Å². The summed E-state index contributed by atoms with van der Waals surface area (Å²) in [7, 11) is 3.37. The molecular weight excluding hydrogens is 426 g/mol. The fourth-order valence-corrected chi connectivity index (χ4v) is 3.96. The molecule has 2 atom stereocenters. The monoisotopic (exact) mass is 453 g/mol. The number of pyridine rings is 1. The van der Waals surface area contributed by atoms with E-state index < -0.39 is 5.97 Å². The van der Waals surface area contributed by atoms with Gasteiger partial charge in [0.2, 0.25) is 5.88 Å². The zero-order valence-corrected chi connectivity index (χ0v) is 18.9. The molecule has 1 aliphatic carbocycles. The Kier molecular flexibility index (Phi) is 6.66. The van der Waals surface area contributed by atoms with Crippen LogP contribution in [0, 0.1) is 12.8 Å². The van der Waals surface area contributed by atoms with Gasteiger partial charge in [-0.05, 0) is 44.7 Å². The number of carbonyl (C=O) groups is 1. The predicted molar refractivity (Wildman–Crippen MR) is 119 cm³/mol. The van der Waals surface area contributed by atoms with Crippen molar-refractivity contribution < 1.29 is 19.4 Å². The SMILES string of the molecule is COc1cc(NCc2c(-c3ccc(O[C@H]4CCC[C@H](C(=O)O)C4)c(C)n3)nnn2C)ncn1. The van der Waals surface area contributed by atoms with E-state index >= 15 is 0 Å². The van der Waals surface area contributed by atoms with Crippen LogP contribution < -0.4 is 14.8 Å². The van der Waals surface area contributed by atoms with Crippen LogP contribution in [0.5, 0.6) is 11.6 Å². The van der Waals surface area contributed by atoms with E-state index in [2.05, 4.69) is 30.6 Å². The first-order valence-electron chi connectivity index (χ1n) is 10.8. The molecule has 0 amide bonds. The number of carboxylic acids is 1. The van der Waals surface area contributed by atoms with E-state index in [1.54, 1.807) is 17.9 Å². The first kappa shape index (κ1) is 22.4. The zero-order chi connectivity index (χ0) is 23.4. The van der Waals surface area contributed by atoms with Gasteiger partial charge in [-0.2, -0.15) is 0 Å². The largest absolute Gasteiger partial charge is 0.489 e. The van der Waals surface area contributed by atoms with Crippen LogP contribution >= 0.6 is 0 Å². The van der Waals surface area contributed by atoms with Crippen molar-refractivity contribution in [2.24, 2.45) is 13.0 Å². The minimum absolute atomic E-state index is 0.118. The van der Waals surface area contributed by atoms with Gasteiger partial charge in [0.15, 0.2) is 0 Å². The number of hydrogen-bond donors (Lipinski definition) is 2. The molecule has 0 aromatic carbocycles. The highest BCUT2D eigenvalue weighted by Crippen LogP contribution is 2.30. The molecule has 11 heteroatoms. The first-order chi connectivity index (χ1) is 15.9. The molecule has 0 saturated heterocycles. The van der Waals surface area contributed by atoms with Crippen LogP contribution in [0.4, 0.5) is 5.82 Å². The van der Waals surface area contributed by atoms with E-state index in [-0.39, 0.29) is 12.0 Å². The van der Waals surface area contributed by atoms with Crippen LogP contribution in [0.25, 0.3) is 11.4 Å². The van der Waals surface area contributed by atoms with E-state index in [1.807, 2.05) is 26.1 Å². The maximum Gasteiger partial charge on any atom is 0.306 e. The fraction of sp³-hybridized carbons (Fsp3) is 0.455. The molecule has 0 aliphatic heterocycles. The summed E-state index contributed by atoms with van der Waals surface area (Å²) in [5, 5.41) is 21.0. The molecule has 3 aromatic rings. The molecule has 0 bridgehead atoms. The van der Waals surface area contributed by atoms with E-state index in [0.717, 1.165) is 24.2 Å². The van der Waals surface area contributed by atoms with Crippen molar-refractivity contribution in [2.75, 3.05) is 12.4 Å². The van der Waals surface area contributed by atoms with Crippen molar-refractivity contribution >= 4 is 11.8 Å². The molecule has 2 N–H and O–H groups in total. The van der Waals surface area contributed by atoms with Gasteiger partial charge in [-0.25, -0.2) is 19.6 Å². The molecule has 0 unspecified atom stereocenters. The van der Waals surface area contributed by atoms with E-state index in [1.165, 1.54) is 6.33 Å². The molecular formula is C22H27N7O4. The van der Waals surface area contributed by atoms with E-state index in [4.69, 9.17) is 9.47 Å². The van der Waals surface area contributed by atoms with E-state index in [9.17, 15) is 9.90 Å². The Balaban J connectivity index is 1.48. The smallest absolute Gasteiger partial charge is 0.306 e. The number of carboxylic acid groups (broad SMARTS) is 1. The summed E-state index contributed by atoms with van der Waals surface area (Å²) < 4.78 is 12.9. The normalized spacial score (nSPS) is 18.0. The lowest BCUT2D eigenvalue weighted by molar-refractivity contribution is -0.143. The lowest BCUT2D eigenvalue weighted by Gasteiger charge is -2.27. The Morgan fingerprint density at radius 3 is 2.91 bits per heavy atom. The van der Waals surface area contributed by atoms with Gasteiger partial charge in [-0.1, -0.05) is 5.21 Å². The molecule has 3 aromatic heterocycles. The highest BCUT2D eigenvalue weighted by atomic mass is 16.5. The molecule has 174 valence electrons. The number of anilines is 1. The highest BCUT2D eigenvalue weighted by Gasteiger charge is 2.28. The summed E-state index contributed by atoms with van der Waals surface area (Å²) in [5.41, 5.74) is 2.89. The molecule has 33 heavy (non-hydrogen) atoms. The number of methoxy groups -OCH3 is 1. The van der Waals surface area contributed by atoms with E-state index in [0.29, 0.717) is 48.2 Å². The Hall–Kier alpha value is -3.76. The molecule has 0 spiro atoms. The second-order valence-corrected chi connectivity index (χ2v) is 8.03. The summed E-state index contributed by atoms with van der Waals surface area (Å²) >= 11 is 0. The van der Waals surface area contributed by atoms with Gasteiger partial charge in [0, 0.05) is 13.1 Å². The molecule has 1 saturated carbocycles. The number of aromatic nitrogens is 6.